The minimum atomic E-state index is 0.705. The Hall–Kier alpha value is 0.123. The van der Waals surface area contributed by atoms with Gasteiger partial charge in [-0.05, 0) is 12.3 Å². The van der Waals surface area contributed by atoms with Crippen molar-refractivity contribution in [2.45, 2.75) is 27.2 Å². The SMILES string of the molecule is Cc1[c-]ccc(OCCC(C)C)c1.[Zn+][Br]. The van der Waals surface area contributed by atoms with Crippen molar-refractivity contribution in [1.82, 2.24) is 0 Å². The first-order valence-electron chi connectivity index (χ1n) is 5.06. The van der Waals surface area contributed by atoms with Crippen LogP contribution in [0.25, 0.3) is 0 Å². The first-order chi connectivity index (χ1) is 7.18. The molecule has 0 atom stereocenters. The Kier molecular flexibility index (Phi) is 9.43. The molecule has 3 heteroatoms. The third-order valence-electron chi connectivity index (χ3n) is 1.88. The molecule has 0 bridgehead atoms. The van der Waals surface area contributed by atoms with Crippen LogP contribution in [0.1, 0.15) is 25.8 Å². The van der Waals surface area contributed by atoms with Gasteiger partial charge in [0, 0.05) is 5.75 Å². The quantitative estimate of drug-likeness (QED) is 0.600. The van der Waals surface area contributed by atoms with Crippen LogP contribution in [0.15, 0.2) is 18.2 Å². The van der Waals surface area contributed by atoms with Crippen molar-refractivity contribution in [3.05, 3.63) is 29.8 Å². The molecule has 0 aliphatic rings. The molecule has 0 aliphatic heterocycles. The molecule has 0 aliphatic carbocycles. The second kappa shape index (κ2) is 9.36. The van der Waals surface area contributed by atoms with E-state index in [0.717, 1.165) is 24.3 Å². The number of ether oxygens (including phenoxy) is 1. The number of rotatable bonds is 4. The van der Waals surface area contributed by atoms with E-state index < -0.39 is 0 Å². The molecule has 1 aromatic rings. The van der Waals surface area contributed by atoms with Gasteiger partial charge in [-0.25, -0.2) is 0 Å². The van der Waals surface area contributed by atoms with Crippen LogP contribution in [0.2, 0.25) is 0 Å². The number of aryl methyl sites for hydroxylation is 1. The van der Waals surface area contributed by atoms with Crippen LogP contribution in [0.3, 0.4) is 0 Å². The van der Waals surface area contributed by atoms with Crippen LogP contribution < -0.4 is 4.74 Å². The van der Waals surface area contributed by atoms with Crippen molar-refractivity contribution >= 4 is 13.6 Å². The summed E-state index contributed by atoms with van der Waals surface area (Å²) in [7, 11) is 0. The van der Waals surface area contributed by atoms with Gasteiger partial charge >= 0.3 is 30.0 Å². The Morgan fingerprint density at radius 3 is 2.67 bits per heavy atom. The van der Waals surface area contributed by atoms with Crippen LogP contribution in [-0.2, 0) is 16.3 Å². The zero-order valence-electron chi connectivity index (χ0n) is 9.72. The molecule has 0 saturated heterocycles. The maximum atomic E-state index is 5.58. The molecule has 0 radical (unpaired) electrons. The average molecular weight is 323 g/mol. The van der Waals surface area contributed by atoms with Crippen molar-refractivity contribution < 1.29 is 21.1 Å². The van der Waals surface area contributed by atoms with Gasteiger partial charge in [0.2, 0.25) is 0 Å². The van der Waals surface area contributed by atoms with E-state index >= 15 is 0 Å². The minimum absolute atomic E-state index is 0.705. The van der Waals surface area contributed by atoms with E-state index in [1.165, 1.54) is 16.3 Å². The molecule has 1 nitrogen and oxygen atoms in total. The molecule has 15 heavy (non-hydrogen) atoms. The van der Waals surface area contributed by atoms with Crippen molar-refractivity contribution in [3.8, 4) is 5.75 Å². The Balaban J connectivity index is 0.000000921. The van der Waals surface area contributed by atoms with Crippen LogP contribution in [0, 0.1) is 18.9 Å². The van der Waals surface area contributed by atoms with E-state index in [1.54, 1.807) is 0 Å². The summed E-state index contributed by atoms with van der Waals surface area (Å²) in [6, 6.07) is 8.96. The molecular weight excluding hydrogens is 305 g/mol. The maximum absolute atomic E-state index is 5.58. The molecule has 0 aromatic heterocycles. The fraction of sp³-hybridized carbons (Fsp3) is 0.500. The van der Waals surface area contributed by atoms with Crippen molar-refractivity contribution in [2.75, 3.05) is 6.61 Å². The number of hydrogen-bond donors (Lipinski definition) is 0. The molecule has 0 spiro atoms. The third-order valence-corrected chi connectivity index (χ3v) is 1.88. The average Bonchev–Trinajstić information content (AvgIpc) is 2.20. The zero-order chi connectivity index (χ0) is 11.7. The molecular formula is C12H17BrOZn. The van der Waals surface area contributed by atoms with E-state index in [9.17, 15) is 0 Å². The number of halogens is 1. The summed E-state index contributed by atoms with van der Waals surface area (Å²) >= 11 is 4.25. The molecule has 1 rings (SSSR count). The summed E-state index contributed by atoms with van der Waals surface area (Å²) < 4.78 is 5.58. The van der Waals surface area contributed by atoms with Crippen molar-refractivity contribution in [2.24, 2.45) is 5.92 Å². The standard InChI is InChI=1S/C12H17O.BrH.Zn/c1-10(2)7-8-13-12-6-4-5-11(3)9-12;;/h4,6,9-10H,7-8H2,1-3H3;1H;/q-1;;+2/p-1. The second-order valence-corrected chi connectivity index (χ2v) is 3.74. The van der Waals surface area contributed by atoms with Gasteiger partial charge in [0.1, 0.15) is 0 Å². The van der Waals surface area contributed by atoms with Gasteiger partial charge in [-0.1, -0.05) is 20.8 Å². The van der Waals surface area contributed by atoms with Gasteiger partial charge in [0.05, 0.1) is 6.61 Å². The van der Waals surface area contributed by atoms with Gasteiger partial charge in [0.25, 0.3) is 0 Å². The normalized spacial score (nSPS) is 9.53. The van der Waals surface area contributed by atoms with E-state index in [4.69, 9.17) is 4.74 Å². The van der Waals surface area contributed by atoms with Gasteiger partial charge in [-0.15, -0.1) is 12.1 Å². The molecule has 0 saturated carbocycles. The molecule has 0 amide bonds. The summed E-state index contributed by atoms with van der Waals surface area (Å²) in [5.41, 5.74) is 1.13. The zero-order valence-corrected chi connectivity index (χ0v) is 14.3. The summed E-state index contributed by atoms with van der Waals surface area (Å²) in [4.78, 5) is 0. The van der Waals surface area contributed by atoms with Crippen LogP contribution in [-0.4, -0.2) is 6.61 Å². The molecule has 80 valence electrons. The van der Waals surface area contributed by atoms with Gasteiger partial charge < -0.3 is 4.74 Å². The molecule has 1 aromatic carbocycles. The Labute approximate surface area is 110 Å². The summed E-state index contributed by atoms with van der Waals surface area (Å²) in [6.45, 7) is 7.23. The van der Waals surface area contributed by atoms with Crippen molar-refractivity contribution in [3.63, 3.8) is 0 Å². The monoisotopic (exact) mass is 320 g/mol. The molecule has 0 heterocycles. The van der Waals surface area contributed by atoms with E-state index in [1.807, 2.05) is 25.1 Å². The summed E-state index contributed by atoms with van der Waals surface area (Å²) in [6.07, 6.45) is 1.11. The predicted octanol–water partition coefficient (Wildman–Crippen LogP) is 4.06. The van der Waals surface area contributed by atoms with E-state index in [-0.39, 0.29) is 0 Å². The van der Waals surface area contributed by atoms with Gasteiger partial charge in [0.15, 0.2) is 0 Å². The van der Waals surface area contributed by atoms with E-state index in [2.05, 4.69) is 33.5 Å². The predicted molar refractivity (Wildman–Crippen MR) is 63.9 cm³/mol. The second-order valence-electron chi connectivity index (χ2n) is 3.74. The summed E-state index contributed by atoms with van der Waals surface area (Å²) in [5.74, 6) is 1.66. The first-order valence-corrected chi connectivity index (χ1v) is 12.0. The Morgan fingerprint density at radius 2 is 2.13 bits per heavy atom. The fourth-order valence-corrected chi connectivity index (χ4v) is 1.06. The molecule has 0 unspecified atom stereocenters. The first kappa shape index (κ1) is 15.1. The van der Waals surface area contributed by atoms with Gasteiger partial charge in [-0.2, -0.15) is 17.7 Å². The van der Waals surface area contributed by atoms with E-state index in [0.29, 0.717) is 5.92 Å². The van der Waals surface area contributed by atoms with Crippen LogP contribution in [0.5, 0.6) is 5.75 Å². The van der Waals surface area contributed by atoms with Gasteiger partial charge in [-0.3, -0.25) is 0 Å². The number of benzene rings is 1. The van der Waals surface area contributed by atoms with Crippen LogP contribution >= 0.6 is 13.6 Å². The van der Waals surface area contributed by atoms with Crippen LogP contribution in [0.4, 0.5) is 0 Å². The summed E-state index contributed by atoms with van der Waals surface area (Å²) in [5, 5.41) is 0. The topological polar surface area (TPSA) is 9.23 Å². The molecule has 0 N–H and O–H groups in total. The van der Waals surface area contributed by atoms with Crippen molar-refractivity contribution in [1.29, 1.82) is 0 Å². The number of hydrogen-bond acceptors (Lipinski definition) is 1. The Morgan fingerprint density at radius 1 is 1.47 bits per heavy atom. The third kappa shape index (κ3) is 7.98. The molecule has 0 fully saturated rings. The fourth-order valence-electron chi connectivity index (χ4n) is 1.06. The Bertz CT molecular complexity index is 264.